The molecular weight excluding hydrogens is 501 g/mol. The number of amides is 1. The average molecular weight is 546 g/mol. The fraction of sp³-hybridized carbons (Fsp3) is 0.576. The molecule has 2 aromatic carbocycles. The SMILES string of the molecule is CC(C)C[C@H](NC(=O)[C@@H](CC(=O)c1ccc(-c2ccccc2)cc1)[C@@H](C)O)B1O[C@@H]2C[C@@H]3C[C@@H](C3(C)C)[C@]2(C)O1. The third-order valence-electron chi connectivity index (χ3n) is 9.99. The van der Waals surface area contributed by atoms with E-state index in [1.54, 1.807) is 19.1 Å². The average Bonchev–Trinajstić information content (AvgIpc) is 3.28. The van der Waals surface area contributed by atoms with Crippen molar-refractivity contribution in [2.24, 2.45) is 29.1 Å². The Bertz CT molecular complexity index is 1210. The second kappa shape index (κ2) is 11.1. The van der Waals surface area contributed by atoms with Crippen LogP contribution in [-0.4, -0.2) is 47.7 Å². The molecule has 0 radical (unpaired) electrons. The standard InChI is InChI=1S/C33H44BNO5/c1-20(2)16-30(34-39-29-18-25-17-28(32(25,4)5)33(29,6)40-34)35-31(38)26(21(3)36)19-27(37)24-14-12-23(13-15-24)22-10-8-7-9-11-22/h7-15,20-21,25-26,28-30,36H,16-19H2,1-6H3,(H,35,38)/t21-,25+,26+,28+,29-,30+,33+/m1/s1. The predicted molar refractivity (Wildman–Crippen MR) is 157 cm³/mol. The first kappa shape index (κ1) is 29.0. The van der Waals surface area contributed by atoms with E-state index in [1.807, 2.05) is 42.5 Å². The normalized spacial score (nSPS) is 28.8. The van der Waals surface area contributed by atoms with Gasteiger partial charge in [-0.05, 0) is 67.4 Å². The molecule has 0 spiro atoms. The molecule has 4 fully saturated rings. The van der Waals surface area contributed by atoms with Crippen molar-refractivity contribution < 1.29 is 24.0 Å². The molecule has 2 bridgehead atoms. The number of aliphatic hydroxyl groups is 1. The highest BCUT2D eigenvalue weighted by molar-refractivity contribution is 6.47. The molecular formula is C33H44BNO5. The van der Waals surface area contributed by atoms with E-state index in [-0.39, 0.29) is 41.2 Å². The lowest BCUT2D eigenvalue weighted by Crippen LogP contribution is -2.65. The number of hydrogen-bond donors (Lipinski definition) is 2. The van der Waals surface area contributed by atoms with Crippen LogP contribution in [-0.2, 0) is 14.1 Å². The van der Waals surface area contributed by atoms with E-state index in [1.165, 1.54) is 0 Å². The van der Waals surface area contributed by atoms with E-state index in [4.69, 9.17) is 9.31 Å². The summed E-state index contributed by atoms with van der Waals surface area (Å²) in [6.07, 6.45) is 1.79. The van der Waals surface area contributed by atoms with E-state index < -0.39 is 19.1 Å². The van der Waals surface area contributed by atoms with Crippen LogP contribution in [0.3, 0.4) is 0 Å². The van der Waals surface area contributed by atoms with Crippen molar-refractivity contribution in [1.29, 1.82) is 0 Å². The molecule has 7 atom stereocenters. The fourth-order valence-corrected chi connectivity index (χ4v) is 7.39. The Morgan fingerprint density at radius 3 is 2.25 bits per heavy atom. The van der Waals surface area contributed by atoms with Crippen LogP contribution in [0, 0.1) is 29.1 Å². The topological polar surface area (TPSA) is 84.9 Å². The molecule has 3 saturated carbocycles. The van der Waals surface area contributed by atoms with Crippen LogP contribution in [0.25, 0.3) is 11.1 Å². The molecule has 0 unspecified atom stereocenters. The maximum absolute atomic E-state index is 13.6. The van der Waals surface area contributed by atoms with Crippen molar-refractivity contribution in [3.63, 3.8) is 0 Å². The highest BCUT2D eigenvalue weighted by Gasteiger charge is 2.68. The highest BCUT2D eigenvalue weighted by atomic mass is 16.7. The molecule has 1 heterocycles. The van der Waals surface area contributed by atoms with Crippen LogP contribution >= 0.6 is 0 Å². The number of ketones is 1. The zero-order chi connectivity index (χ0) is 28.8. The Balaban J connectivity index is 1.27. The minimum Gasteiger partial charge on any atom is -0.404 e. The fourth-order valence-electron chi connectivity index (χ4n) is 7.39. The predicted octanol–water partition coefficient (Wildman–Crippen LogP) is 5.72. The summed E-state index contributed by atoms with van der Waals surface area (Å²) in [5.74, 6) is -0.378. The largest absolute Gasteiger partial charge is 0.481 e. The van der Waals surface area contributed by atoms with Gasteiger partial charge >= 0.3 is 7.12 Å². The Hall–Kier alpha value is -2.48. The van der Waals surface area contributed by atoms with Crippen LogP contribution in [0.15, 0.2) is 54.6 Å². The summed E-state index contributed by atoms with van der Waals surface area (Å²) in [6.45, 7) is 12.6. The van der Waals surface area contributed by atoms with Gasteiger partial charge in [-0.15, -0.1) is 0 Å². The monoisotopic (exact) mass is 545 g/mol. The Kier molecular flexibility index (Phi) is 8.04. The quantitative estimate of drug-likeness (QED) is 0.295. The first-order valence-corrected chi connectivity index (χ1v) is 14.9. The summed E-state index contributed by atoms with van der Waals surface area (Å²) >= 11 is 0. The first-order chi connectivity index (χ1) is 18.9. The summed E-state index contributed by atoms with van der Waals surface area (Å²) in [4.78, 5) is 26.8. The van der Waals surface area contributed by atoms with Crippen LogP contribution in [0.1, 0.15) is 77.6 Å². The molecule has 1 aliphatic heterocycles. The van der Waals surface area contributed by atoms with E-state index in [0.29, 0.717) is 29.7 Å². The molecule has 0 aromatic heterocycles. The zero-order valence-electron chi connectivity index (χ0n) is 24.7. The van der Waals surface area contributed by atoms with E-state index in [2.05, 4.69) is 39.9 Å². The zero-order valence-corrected chi connectivity index (χ0v) is 24.7. The molecule has 2 N–H and O–H groups in total. The first-order valence-electron chi connectivity index (χ1n) is 14.9. The van der Waals surface area contributed by atoms with Crippen LogP contribution in [0.2, 0.25) is 0 Å². The van der Waals surface area contributed by atoms with E-state index in [0.717, 1.165) is 24.0 Å². The van der Waals surface area contributed by atoms with Crippen molar-refractivity contribution in [3.8, 4) is 11.1 Å². The maximum Gasteiger partial charge on any atom is 0.481 e. The van der Waals surface area contributed by atoms with Crippen molar-refractivity contribution in [2.75, 3.05) is 0 Å². The molecule has 6 nitrogen and oxygen atoms in total. The molecule has 1 amide bonds. The molecule has 6 rings (SSSR count). The van der Waals surface area contributed by atoms with E-state index in [9.17, 15) is 14.7 Å². The van der Waals surface area contributed by atoms with Gasteiger partial charge in [0.05, 0.1) is 29.7 Å². The minimum atomic E-state index is -0.981. The van der Waals surface area contributed by atoms with Gasteiger partial charge in [-0.3, -0.25) is 9.59 Å². The number of aliphatic hydroxyl groups excluding tert-OH is 1. The van der Waals surface area contributed by atoms with Gasteiger partial charge in [0.2, 0.25) is 5.91 Å². The molecule has 7 heteroatoms. The van der Waals surface area contributed by atoms with Crippen LogP contribution in [0.4, 0.5) is 0 Å². The summed E-state index contributed by atoms with van der Waals surface area (Å²) in [7, 11) is -0.549. The summed E-state index contributed by atoms with van der Waals surface area (Å²) in [6, 6.07) is 17.4. The second-order valence-electron chi connectivity index (χ2n) is 13.5. The van der Waals surface area contributed by atoms with Gasteiger partial charge in [0.1, 0.15) is 0 Å². The smallest absolute Gasteiger partial charge is 0.404 e. The van der Waals surface area contributed by atoms with Gasteiger partial charge < -0.3 is 19.7 Å². The number of carbonyl (C=O) groups is 2. The molecule has 1 saturated heterocycles. The van der Waals surface area contributed by atoms with Crippen molar-refractivity contribution in [3.05, 3.63) is 60.2 Å². The lowest BCUT2D eigenvalue weighted by molar-refractivity contribution is -0.199. The molecule has 3 aliphatic carbocycles. The number of nitrogens with one attached hydrogen (secondary N) is 1. The third kappa shape index (κ3) is 5.40. The van der Waals surface area contributed by atoms with Crippen molar-refractivity contribution in [2.45, 2.75) is 91.0 Å². The Morgan fingerprint density at radius 1 is 1.00 bits per heavy atom. The number of hydrogen-bond acceptors (Lipinski definition) is 5. The van der Waals surface area contributed by atoms with Crippen molar-refractivity contribution >= 4 is 18.8 Å². The van der Waals surface area contributed by atoms with Gasteiger partial charge in [0, 0.05) is 12.0 Å². The van der Waals surface area contributed by atoms with Crippen molar-refractivity contribution in [1.82, 2.24) is 5.32 Å². The number of rotatable bonds is 10. The van der Waals surface area contributed by atoms with Gasteiger partial charge in [-0.2, -0.15) is 0 Å². The Morgan fingerprint density at radius 2 is 1.65 bits per heavy atom. The van der Waals surface area contributed by atoms with Gasteiger partial charge in [-0.25, -0.2) is 0 Å². The summed E-state index contributed by atoms with van der Waals surface area (Å²) in [5.41, 5.74) is 2.49. The Labute approximate surface area is 239 Å². The highest BCUT2D eigenvalue weighted by Crippen LogP contribution is 2.65. The number of carbonyl (C=O) groups excluding carboxylic acids is 2. The van der Waals surface area contributed by atoms with Gasteiger partial charge in [0.15, 0.2) is 5.78 Å². The van der Waals surface area contributed by atoms with E-state index >= 15 is 0 Å². The molecule has 40 heavy (non-hydrogen) atoms. The lowest BCUT2D eigenvalue weighted by atomic mass is 9.43. The minimum absolute atomic E-state index is 0.0221. The van der Waals surface area contributed by atoms with Gasteiger partial charge in [0.25, 0.3) is 0 Å². The molecule has 4 aliphatic rings. The maximum atomic E-state index is 13.6. The lowest BCUT2D eigenvalue weighted by Gasteiger charge is -2.64. The second-order valence-corrected chi connectivity index (χ2v) is 13.5. The molecule has 2 aromatic rings. The number of benzene rings is 2. The third-order valence-corrected chi connectivity index (χ3v) is 9.99. The number of Topliss-reactive ketones (excluding diaryl/α,β-unsaturated/α-hetero) is 1. The van der Waals surface area contributed by atoms with Crippen LogP contribution in [0.5, 0.6) is 0 Å². The summed E-state index contributed by atoms with van der Waals surface area (Å²) in [5, 5.41) is 13.7. The molecule has 214 valence electrons. The van der Waals surface area contributed by atoms with Crippen LogP contribution < -0.4 is 5.32 Å². The van der Waals surface area contributed by atoms with Gasteiger partial charge in [-0.1, -0.05) is 82.3 Å². The summed E-state index contributed by atoms with van der Waals surface area (Å²) < 4.78 is 13.2.